The van der Waals surface area contributed by atoms with Crippen LogP contribution in [0.4, 0.5) is 0 Å². The van der Waals surface area contributed by atoms with Gasteiger partial charge in [0.05, 0.1) is 5.69 Å². The lowest BCUT2D eigenvalue weighted by molar-refractivity contribution is 0.0233. The Kier molecular flexibility index (Phi) is 2.79. The molecule has 0 aromatic carbocycles. The van der Waals surface area contributed by atoms with Crippen molar-refractivity contribution < 1.29 is 5.11 Å². The number of aliphatic hydroxyl groups excluding tert-OH is 1. The van der Waals surface area contributed by atoms with Crippen LogP contribution in [-0.2, 0) is 0 Å². The minimum atomic E-state index is 0.311. The predicted octanol–water partition coefficient (Wildman–Crippen LogP) is 1.07. The molecule has 3 heteroatoms. The lowest BCUT2D eigenvalue weighted by atomic mass is 9.98. The van der Waals surface area contributed by atoms with Crippen LogP contribution in [-0.4, -0.2) is 34.7 Å². The van der Waals surface area contributed by atoms with Gasteiger partial charge in [0.25, 0.3) is 0 Å². The number of aromatic nitrogens is 1. The number of pyridine rings is 1. The molecule has 0 radical (unpaired) electrons. The summed E-state index contributed by atoms with van der Waals surface area (Å²) in [5.41, 5.74) is 1.11. The maximum absolute atomic E-state index is 8.91. The summed E-state index contributed by atoms with van der Waals surface area (Å²) in [7, 11) is 0. The van der Waals surface area contributed by atoms with Gasteiger partial charge in [0.1, 0.15) is 0 Å². The van der Waals surface area contributed by atoms with Crippen molar-refractivity contribution >= 4 is 0 Å². The summed E-state index contributed by atoms with van der Waals surface area (Å²) in [5.74, 6) is 0.473. The fourth-order valence-electron chi connectivity index (χ4n) is 1.85. The number of hydrogen-bond donors (Lipinski definition) is 1. The van der Waals surface area contributed by atoms with Gasteiger partial charge in [-0.25, -0.2) is 0 Å². The van der Waals surface area contributed by atoms with E-state index in [1.807, 2.05) is 18.3 Å². The zero-order valence-electron chi connectivity index (χ0n) is 8.43. The number of aliphatic hydroxyl groups is 1. The van der Waals surface area contributed by atoms with Crippen LogP contribution in [0, 0.1) is 5.92 Å². The molecule has 1 fully saturated rings. The van der Waals surface area contributed by atoms with Crippen molar-refractivity contribution in [3.05, 3.63) is 30.1 Å². The molecule has 0 aliphatic carbocycles. The molecule has 1 aliphatic heterocycles. The molecule has 0 amide bonds. The summed E-state index contributed by atoms with van der Waals surface area (Å²) in [6.07, 6.45) is 1.83. The Morgan fingerprint density at radius 1 is 1.57 bits per heavy atom. The second-order valence-corrected chi connectivity index (χ2v) is 3.93. The van der Waals surface area contributed by atoms with Gasteiger partial charge in [0.2, 0.25) is 0 Å². The van der Waals surface area contributed by atoms with Gasteiger partial charge in [-0.1, -0.05) is 6.07 Å². The molecule has 0 bridgehead atoms. The van der Waals surface area contributed by atoms with E-state index in [1.54, 1.807) is 0 Å². The van der Waals surface area contributed by atoms with E-state index >= 15 is 0 Å². The molecule has 1 aromatic rings. The Hall–Kier alpha value is -0.930. The molecule has 14 heavy (non-hydrogen) atoms. The number of hydrogen-bond acceptors (Lipinski definition) is 3. The number of rotatable bonds is 3. The third kappa shape index (κ3) is 1.79. The molecule has 0 saturated carbocycles. The zero-order valence-corrected chi connectivity index (χ0v) is 8.43. The molecular weight excluding hydrogens is 176 g/mol. The molecular formula is C11H16N2O. The minimum absolute atomic E-state index is 0.311. The average molecular weight is 192 g/mol. The fraction of sp³-hybridized carbons (Fsp3) is 0.545. The average Bonchev–Trinajstić information content (AvgIpc) is 2.17. The molecule has 2 rings (SSSR count). The highest BCUT2D eigenvalue weighted by Crippen LogP contribution is 2.26. The molecule has 1 saturated heterocycles. The van der Waals surface area contributed by atoms with Crippen LogP contribution in [0.2, 0.25) is 0 Å². The second-order valence-electron chi connectivity index (χ2n) is 3.93. The maximum Gasteiger partial charge on any atom is 0.0572 e. The first-order chi connectivity index (χ1) is 6.81. The first-order valence-electron chi connectivity index (χ1n) is 5.07. The molecule has 0 unspecified atom stereocenters. The van der Waals surface area contributed by atoms with Crippen LogP contribution in [0.15, 0.2) is 24.4 Å². The normalized spacial score (nSPS) is 20.4. The Bertz CT molecular complexity index is 283. The first kappa shape index (κ1) is 9.62. The van der Waals surface area contributed by atoms with Crippen molar-refractivity contribution in [2.45, 2.75) is 13.0 Å². The number of nitrogens with zero attached hydrogens (tertiary/aromatic N) is 2. The minimum Gasteiger partial charge on any atom is -0.396 e. The Morgan fingerprint density at radius 3 is 2.93 bits per heavy atom. The van der Waals surface area contributed by atoms with E-state index in [-0.39, 0.29) is 0 Å². The topological polar surface area (TPSA) is 36.4 Å². The highest BCUT2D eigenvalue weighted by Gasteiger charge is 2.30. The zero-order chi connectivity index (χ0) is 9.97. The lowest BCUT2D eigenvalue weighted by Crippen LogP contribution is -2.49. The smallest absolute Gasteiger partial charge is 0.0572 e. The third-order valence-electron chi connectivity index (χ3n) is 2.91. The van der Waals surface area contributed by atoms with E-state index in [9.17, 15) is 0 Å². The Labute approximate surface area is 84.4 Å². The summed E-state index contributed by atoms with van der Waals surface area (Å²) >= 11 is 0. The Morgan fingerprint density at radius 2 is 2.36 bits per heavy atom. The predicted molar refractivity (Wildman–Crippen MR) is 54.8 cm³/mol. The van der Waals surface area contributed by atoms with Gasteiger partial charge in [0, 0.05) is 37.9 Å². The molecule has 2 heterocycles. The summed E-state index contributed by atoms with van der Waals surface area (Å²) in [6.45, 7) is 4.46. The fourth-order valence-corrected chi connectivity index (χ4v) is 1.85. The van der Waals surface area contributed by atoms with Crippen LogP contribution in [0.5, 0.6) is 0 Å². The van der Waals surface area contributed by atoms with Crippen LogP contribution in [0.1, 0.15) is 18.7 Å². The summed E-state index contributed by atoms with van der Waals surface area (Å²) in [5, 5.41) is 8.91. The van der Waals surface area contributed by atoms with Gasteiger partial charge in [-0.05, 0) is 19.1 Å². The molecule has 1 atom stereocenters. The van der Waals surface area contributed by atoms with Crippen molar-refractivity contribution in [1.82, 2.24) is 9.88 Å². The van der Waals surface area contributed by atoms with E-state index < -0.39 is 0 Å². The highest BCUT2D eigenvalue weighted by atomic mass is 16.3. The molecule has 0 spiro atoms. The molecule has 1 aromatic heterocycles. The standard InChI is InChI=1S/C11H16N2O/c1-9(11-4-2-3-5-12-11)13-6-10(7-13)8-14/h2-5,9-10,14H,6-8H2,1H3/t9-/m1/s1. The van der Waals surface area contributed by atoms with Crippen molar-refractivity contribution in [2.75, 3.05) is 19.7 Å². The van der Waals surface area contributed by atoms with E-state index in [1.165, 1.54) is 0 Å². The van der Waals surface area contributed by atoms with Crippen LogP contribution in [0.3, 0.4) is 0 Å². The van der Waals surface area contributed by atoms with E-state index in [2.05, 4.69) is 22.9 Å². The summed E-state index contributed by atoms with van der Waals surface area (Å²) in [4.78, 5) is 6.66. The SMILES string of the molecule is C[C@H](c1ccccn1)N1CC(CO)C1. The van der Waals surface area contributed by atoms with Gasteiger partial charge in [-0.2, -0.15) is 0 Å². The first-order valence-corrected chi connectivity index (χ1v) is 5.07. The van der Waals surface area contributed by atoms with Gasteiger partial charge in [-0.3, -0.25) is 9.88 Å². The van der Waals surface area contributed by atoms with E-state index in [0.717, 1.165) is 18.8 Å². The van der Waals surface area contributed by atoms with Crippen LogP contribution >= 0.6 is 0 Å². The van der Waals surface area contributed by atoms with Gasteiger partial charge >= 0.3 is 0 Å². The molecule has 3 nitrogen and oxygen atoms in total. The van der Waals surface area contributed by atoms with E-state index in [4.69, 9.17) is 5.11 Å². The van der Waals surface area contributed by atoms with Crippen molar-refractivity contribution in [3.8, 4) is 0 Å². The monoisotopic (exact) mass is 192 g/mol. The van der Waals surface area contributed by atoms with Crippen molar-refractivity contribution in [2.24, 2.45) is 5.92 Å². The van der Waals surface area contributed by atoms with Crippen molar-refractivity contribution in [1.29, 1.82) is 0 Å². The second kappa shape index (κ2) is 4.07. The summed E-state index contributed by atoms with van der Waals surface area (Å²) < 4.78 is 0. The quantitative estimate of drug-likeness (QED) is 0.778. The van der Waals surface area contributed by atoms with E-state index in [0.29, 0.717) is 18.6 Å². The van der Waals surface area contributed by atoms with Gasteiger partial charge in [-0.15, -0.1) is 0 Å². The lowest BCUT2D eigenvalue weighted by Gasteiger charge is -2.42. The maximum atomic E-state index is 8.91. The largest absolute Gasteiger partial charge is 0.396 e. The van der Waals surface area contributed by atoms with Gasteiger partial charge < -0.3 is 5.11 Å². The summed E-state index contributed by atoms with van der Waals surface area (Å²) in [6, 6.07) is 6.38. The van der Waals surface area contributed by atoms with Crippen LogP contribution < -0.4 is 0 Å². The molecule has 1 aliphatic rings. The Balaban J connectivity index is 1.94. The molecule has 1 N–H and O–H groups in total. The van der Waals surface area contributed by atoms with Crippen LogP contribution in [0.25, 0.3) is 0 Å². The third-order valence-corrected chi connectivity index (χ3v) is 2.91. The molecule has 76 valence electrons. The van der Waals surface area contributed by atoms with Gasteiger partial charge in [0.15, 0.2) is 0 Å². The number of likely N-dealkylation sites (tertiary alicyclic amines) is 1. The van der Waals surface area contributed by atoms with Crippen molar-refractivity contribution in [3.63, 3.8) is 0 Å². The highest BCUT2D eigenvalue weighted by molar-refractivity contribution is 5.09.